The Morgan fingerprint density at radius 3 is 2.30 bits per heavy atom. The highest BCUT2D eigenvalue weighted by molar-refractivity contribution is 6.27. The zero-order chi connectivity index (χ0) is 21.3. The Kier molecular flexibility index (Phi) is 6.09. The number of likely N-dealkylation sites (tertiary alicyclic amines) is 1. The maximum atomic E-state index is 12.9. The van der Waals surface area contributed by atoms with E-state index in [9.17, 15) is 19.2 Å². The Morgan fingerprint density at radius 1 is 0.967 bits per heavy atom. The highest BCUT2D eigenvalue weighted by Gasteiger charge is 2.40. The predicted molar refractivity (Wildman–Crippen MR) is 112 cm³/mol. The molecule has 2 fully saturated rings. The lowest BCUT2D eigenvalue weighted by atomic mass is 9.94. The first-order valence-electron chi connectivity index (χ1n) is 10.7. The third-order valence-corrected chi connectivity index (χ3v) is 6.65. The number of alkyl halides is 1. The van der Waals surface area contributed by atoms with Crippen molar-refractivity contribution in [1.82, 2.24) is 15.1 Å². The minimum Gasteiger partial charge on any atom is -0.349 e. The molecule has 1 aromatic rings. The Morgan fingerprint density at radius 2 is 1.63 bits per heavy atom. The number of nitrogens with zero attached hydrogens (tertiary/aromatic N) is 2. The minimum absolute atomic E-state index is 0.0310. The van der Waals surface area contributed by atoms with Crippen LogP contribution in [0.4, 0.5) is 0 Å². The number of amides is 4. The summed E-state index contributed by atoms with van der Waals surface area (Å²) in [7, 11) is 0. The first-order valence-corrected chi connectivity index (χ1v) is 11.2. The average Bonchev–Trinajstić information content (AvgIpc) is 3.03. The monoisotopic (exact) mass is 431 g/mol. The van der Waals surface area contributed by atoms with Gasteiger partial charge in [0.2, 0.25) is 5.91 Å². The Labute approximate surface area is 180 Å². The molecular weight excluding hydrogens is 406 g/mol. The van der Waals surface area contributed by atoms with E-state index in [1.54, 1.807) is 23.1 Å². The van der Waals surface area contributed by atoms with Crippen LogP contribution in [0.25, 0.3) is 0 Å². The van der Waals surface area contributed by atoms with Crippen LogP contribution < -0.4 is 5.32 Å². The number of benzene rings is 1. The molecule has 2 aliphatic heterocycles. The van der Waals surface area contributed by atoms with Gasteiger partial charge in [0.05, 0.1) is 11.1 Å². The predicted octanol–water partition coefficient (Wildman–Crippen LogP) is 2.57. The molecule has 0 radical (unpaired) electrons. The van der Waals surface area contributed by atoms with Crippen LogP contribution in [0.1, 0.15) is 76.0 Å². The highest BCUT2D eigenvalue weighted by Crippen LogP contribution is 2.31. The number of hydrogen-bond donors (Lipinski definition) is 1. The zero-order valence-corrected chi connectivity index (χ0v) is 17.6. The van der Waals surface area contributed by atoms with Crippen LogP contribution in [0.3, 0.4) is 0 Å². The lowest BCUT2D eigenvalue weighted by Crippen LogP contribution is -2.46. The average molecular weight is 432 g/mol. The van der Waals surface area contributed by atoms with Crippen LogP contribution in [-0.2, 0) is 4.79 Å². The molecule has 1 saturated heterocycles. The van der Waals surface area contributed by atoms with E-state index < -0.39 is 0 Å². The number of hydrogen-bond acceptors (Lipinski definition) is 4. The maximum Gasteiger partial charge on any atom is 0.261 e. The smallest absolute Gasteiger partial charge is 0.261 e. The van der Waals surface area contributed by atoms with Crippen LogP contribution in [0.2, 0.25) is 0 Å². The number of carbonyl (C=O) groups is 4. The molecule has 1 aromatic carbocycles. The molecule has 0 aromatic heterocycles. The van der Waals surface area contributed by atoms with Crippen molar-refractivity contribution in [2.75, 3.05) is 19.0 Å². The fraction of sp³-hybridized carbons (Fsp3) is 0.545. The van der Waals surface area contributed by atoms with Crippen LogP contribution in [0, 0.1) is 0 Å². The van der Waals surface area contributed by atoms with Gasteiger partial charge in [-0.3, -0.25) is 24.1 Å². The Bertz CT molecular complexity index is 873. The highest BCUT2D eigenvalue weighted by atomic mass is 35.5. The van der Waals surface area contributed by atoms with Crippen molar-refractivity contribution in [2.24, 2.45) is 0 Å². The van der Waals surface area contributed by atoms with E-state index in [0.29, 0.717) is 42.6 Å². The summed E-state index contributed by atoms with van der Waals surface area (Å²) in [6.45, 7) is 1.12. The fourth-order valence-electron chi connectivity index (χ4n) is 4.70. The van der Waals surface area contributed by atoms with Crippen molar-refractivity contribution in [1.29, 1.82) is 0 Å². The number of nitrogens with one attached hydrogen (secondary N) is 1. The molecule has 0 unspecified atom stereocenters. The molecule has 1 saturated carbocycles. The van der Waals surface area contributed by atoms with Crippen LogP contribution in [-0.4, -0.2) is 64.5 Å². The van der Waals surface area contributed by atoms with Gasteiger partial charge in [-0.1, -0.05) is 19.3 Å². The second-order valence-corrected chi connectivity index (χ2v) is 8.56. The van der Waals surface area contributed by atoms with Crippen molar-refractivity contribution in [3.05, 3.63) is 34.9 Å². The van der Waals surface area contributed by atoms with Crippen molar-refractivity contribution in [3.63, 3.8) is 0 Å². The summed E-state index contributed by atoms with van der Waals surface area (Å²) >= 11 is 5.60. The normalized spacial score (nSPS) is 20.4. The van der Waals surface area contributed by atoms with E-state index in [2.05, 4.69) is 5.32 Å². The van der Waals surface area contributed by atoms with Crippen molar-refractivity contribution in [3.8, 4) is 0 Å². The lowest BCUT2D eigenvalue weighted by Gasteiger charge is -2.32. The number of piperidine rings is 1. The lowest BCUT2D eigenvalue weighted by molar-refractivity contribution is -0.129. The van der Waals surface area contributed by atoms with E-state index in [1.807, 2.05) is 0 Å². The van der Waals surface area contributed by atoms with Gasteiger partial charge < -0.3 is 10.2 Å². The molecule has 7 nitrogen and oxygen atoms in total. The standard InChI is InChI=1S/C22H26ClN3O4/c23-13-19(27)25-10-8-15(9-11-25)24-20(28)14-6-7-17-18(12-14)22(30)26(21(17)29)16-4-2-1-3-5-16/h6-7,12,15-16H,1-5,8-11,13H2,(H,24,28). The summed E-state index contributed by atoms with van der Waals surface area (Å²) in [5, 5.41) is 2.98. The molecule has 8 heteroatoms. The van der Waals surface area contributed by atoms with Gasteiger partial charge in [0.15, 0.2) is 0 Å². The van der Waals surface area contributed by atoms with Gasteiger partial charge in [-0.15, -0.1) is 11.6 Å². The second-order valence-electron chi connectivity index (χ2n) is 8.29. The van der Waals surface area contributed by atoms with E-state index in [-0.39, 0.29) is 41.6 Å². The summed E-state index contributed by atoms with van der Waals surface area (Å²) in [6.07, 6.45) is 6.22. The molecule has 0 atom stereocenters. The Balaban J connectivity index is 1.42. The van der Waals surface area contributed by atoms with Crippen LogP contribution in [0.15, 0.2) is 18.2 Å². The molecule has 0 bridgehead atoms. The quantitative estimate of drug-likeness (QED) is 0.586. The maximum absolute atomic E-state index is 12.9. The van der Waals surface area contributed by atoms with Crippen molar-refractivity contribution < 1.29 is 19.2 Å². The molecule has 4 rings (SSSR count). The molecule has 30 heavy (non-hydrogen) atoms. The number of halogens is 1. The van der Waals surface area contributed by atoms with E-state index in [0.717, 1.165) is 32.1 Å². The van der Waals surface area contributed by atoms with E-state index in [1.165, 1.54) is 4.90 Å². The summed E-state index contributed by atoms with van der Waals surface area (Å²) in [5.74, 6) is -0.923. The van der Waals surface area contributed by atoms with Gasteiger partial charge in [-0.25, -0.2) is 0 Å². The molecular formula is C22H26ClN3O4. The van der Waals surface area contributed by atoms with E-state index >= 15 is 0 Å². The second kappa shape index (κ2) is 8.76. The summed E-state index contributed by atoms with van der Waals surface area (Å²) in [6, 6.07) is 4.66. The van der Waals surface area contributed by atoms with Gasteiger partial charge in [-0.2, -0.15) is 0 Å². The molecule has 0 spiro atoms. The van der Waals surface area contributed by atoms with Gasteiger partial charge in [0.25, 0.3) is 17.7 Å². The zero-order valence-electron chi connectivity index (χ0n) is 16.9. The molecule has 1 N–H and O–H groups in total. The minimum atomic E-state index is -0.288. The third kappa shape index (κ3) is 3.95. The fourth-order valence-corrected chi connectivity index (χ4v) is 4.87. The Hall–Kier alpha value is -2.41. The SMILES string of the molecule is O=C(NC1CCN(C(=O)CCl)CC1)c1ccc2c(c1)C(=O)N(C1CCCCC1)C2=O. The number of carbonyl (C=O) groups excluding carboxylic acids is 4. The number of imide groups is 1. The molecule has 3 aliphatic rings. The summed E-state index contributed by atoms with van der Waals surface area (Å²) in [4.78, 5) is 53.2. The van der Waals surface area contributed by atoms with Crippen molar-refractivity contribution in [2.45, 2.75) is 57.0 Å². The number of fused-ring (bicyclic) bond motifs is 1. The van der Waals surface area contributed by atoms with Gasteiger partial charge in [0, 0.05) is 30.7 Å². The topological polar surface area (TPSA) is 86.8 Å². The molecule has 160 valence electrons. The van der Waals surface area contributed by atoms with E-state index in [4.69, 9.17) is 11.6 Å². The van der Waals surface area contributed by atoms with Gasteiger partial charge >= 0.3 is 0 Å². The first kappa shape index (κ1) is 20.8. The van der Waals surface area contributed by atoms with Crippen LogP contribution in [0.5, 0.6) is 0 Å². The number of rotatable bonds is 4. The third-order valence-electron chi connectivity index (χ3n) is 6.42. The van der Waals surface area contributed by atoms with Gasteiger partial charge in [-0.05, 0) is 43.9 Å². The summed E-state index contributed by atoms with van der Waals surface area (Å²) < 4.78 is 0. The van der Waals surface area contributed by atoms with Crippen molar-refractivity contribution >= 4 is 35.2 Å². The molecule has 4 amide bonds. The summed E-state index contributed by atoms with van der Waals surface area (Å²) in [5.41, 5.74) is 1.08. The largest absolute Gasteiger partial charge is 0.349 e. The van der Waals surface area contributed by atoms with Crippen LogP contribution >= 0.6 is 11.6 Å². The first-order chi connectivity index (χ1) is 14.5. The molecule has 1 aliphatic carbocycles. The van der Waals surface area contributed by atoms with Gasteiger partial charge in [0.1, 0.15) is 5.88 Å². The molecule has 2 heterocycles.